The molecule has 0 spiro atoms. The SMILES string of the molecule is CCCCCCCCCCOc1cn(Cc2ccccc2)c(CNCCCN(C)C)cc1=O. The van der Waals surface area contributed by atoms with Gasteiger partial charge < -0.3 is 19.5 Å². The Morgan fingerprint density at radius 1 is 0.939 bits per heavy atom. The molecule has 0 amide bonds. The number of nitrogens with one attached hydrogen (secondary N) is 1. The minimum Gasteiger partial charge on any atom is -0.488 e. The monoisotopic (exact) mass is 455 g/mol. The summed E-state index contributed by atoms with van der Waals surface area (Å²) in [5.74, 6) is 0.463. The number of nitrogens with zero attached hydrogens (tertiary/aromatic N) is 2. The Balaban J connectivity index is 1.91. The third-order valence-corrected chi connectivity index (χ3v) is 5.90. The first-order chi connectivity index (χ1) is 16.1. The van der Waals surface area contributed by atoms with Crippen molar-refractivity contribution in [2.45, 2.75) is 77.8 Å². The number of ether oxygens (including phenoxy) is 1. The second-order valence-electron chi connectivity index (χ2n) is 9.26. The van der Waals surface area contributed by atoms with E-state index < -0.39 is 0 Å². The zero-order valence-corrected chi connectivity index (χ0v) is 21.2. The third kappa shape index (κ3) is 11.5. The van der Waals surface area contributed by atoms with Crippen LogP contribution < -0.4 is 15.5 Å². The highest BCUT2D eigenvalue weighted by Crippen LogP contribution is 2.13. The Kier molecular flexibility index (Phi) is 13.6. The van der Waals surface area contributed by atoms with E-state index in [4.69, 9.17) is 4.74 Å². The van der Waals surface area contributed by atoms with Gasteiger partial charge in [0, 0.05) is 24.8 Å². The molecular formula is C28H45N3O2. The van der Waals surface area contributed by atoms with Crippen LogP contribution in [0, 0.1) is 0 Å². The Hall–Kier alpha value is -2.11. The predicted molar refractivity (Wildman–Crippen MR) is 139 cm³/mol. The van der Waals surface area contributed by atoms with Gasteiger partial charge in [-0.1, -0.05) is 82.2 Å². The highest BCUT2D eigenvalue weighted by molar-refractivity contribution is 5.24. The highest BCUT2D eigenvalue weighted by Gasteiger charge is 2.09. The van der Waals surface area contributed by atoms with E-state index in [-0.39, 0.29) is 5.43 Å². The van der Waals surface area contributed by atoms with Crippen molar-refractivity contribution in [1.29, 1.82) is 0 Å². The summed E-state index contributed by atoms with van der Waals surface area (Å²) in [4.78, 5) is 14.9. The van der Waals surface area contributed by atoms with Crippen LogP contribution in [0.4, 0.5) is 0 Å². The van der Waals surface area contributed by atoms with Crippen molar-refractivity contribution in [3.63, 3.8) is 0 Å². The summed E-state index contributed by atoms with van der Waals surface area (Å²) >= 11 is 0. The molecule has 0 radical (unpaired) electrons. The minimum absolute atomic E-state index is 0.0241. The lowest BCUT2D eigenvalue weighted by atomic mass is 10.1. The molecule has 0 saturated heterocycles. The molecule has 0 saturated carbocycles. The van der Waals surface area contributed by atoms with E-state index in [1.54, 1.807) is 6.07 Å². The van der Waals surface area contributed by atoms with Crippen LogP contribution in [0.25, 0.3) is 0 Å². The van der Waals surface area contributed by atoms with Gasteiger partial charge in [0.25, 0.3) is 0 Å². The van der Waals surface area contributed by atoms with Gasteiger partial charge in [0.15, 0.2) is 5.75 Å². The van der Waals surface area contributed by atoms with Gasteiger partial charge in [-0.3, -0.25) is 4.79 Å². The minimum atomic E-state index is -0.0241. The van der Waals surface area contributed by atoms with Gasteiger partial charge in [0.05, 0.1) is 12.8 Å². The van der Waals surface area contributed by atoms with Crippen LogP contribution in [0.1, 0.15) is 76.0 Å². The number of aromatic nitrogens is 1. The summed E-state index contributed by atoms with van der Waals surface area (Å²) in [6.45, 7) is 6.24. The van der Waals surface area contributed by atoms with E-state index in [1.807, 2.05) is 12.3 Å². The van der Waals surface area contributed by atoms with Crippen molar-refractivity contribution in [1.82, 2.24) is 14.8 Å². The van der Waals surface area contributed by atoms with Crippen LogP contribution in [-0.4, -0.2) is 43.3 Å². The second-order valence-corrected chi connectivity index (χ2v) is 9.26. The maximum Gasteiger partial charge on any atom is 0.223 e. The summed E-state index contributed by atoms with van der Waals surface area (Å²) in [5, 5.41) is 3.49. The first kappa shape index (κ1) is 27.1. The topological polar surface area (TPSA) is 46.5 Å². The van der Waals surface area contributed by atoms with Crippen molar-refractivity contribution < 1.29 is 4.74 Å². The summed E-state index contributed by atoms with van der Waals surface area (Å²) < 4.78 is 8.08. The van der Waals surface area contributed by atoms with Crippen LogP contribution >= 0.6 is 0 Å². The van der Waals surface area contributed by atoms with Gasteiger partial charge in [-0.2, -0.15) is 0 Å². The molecule has 0 unspecified atom stereocenters. The molecule has 33 heavy (non-hydrogen) atoms. The molecule has 0 aliphatic carbocycles. The summed E-state index contributed by atoms with van der Waals surface area (Å²) in [7, 11) is 4.17. The van der Waals surface area contributed by atoms with Gasteiger partial charge in [-0.25, -0.2) is 0 Å². The first-order valence-electron chi connectivity index (χ1n) is 12.9. The van der Waals surface area contributed by atoms with Gasteiger partial charge in [0.2, 0.25) is 5.43 Å². The van der Waals surface area contributed by atoms with E-state index in [9.17, 15) is 4.79 Å². The van der Waals surface area contributed by atoms with Crippen molar-refractivity contribution in [3.8, 4) is 5.75 Å². The fraction of sp³-hybridized carbons (Fsp3) is 0.607. The number of pyridine rings is 1. The second kappa shape index (κ2) is 16.5. The Morgan fingerprint density at radius 2 is 1.64 bits per heavy atom. The predicted octanol–water partition coefficient (Wildman–Crippen LogP) is 5.46. The molecule has 5 nitrogen and oxygen atoms in total. The number of unbranched alkanes of at least 4 members (excludes halogenated alkanes) is 7. The lowest BCUT2D eigenvalue weighted by Crippen LogP contribution is -2.24. The van der Waals surface area contributed by atoms with Crippen LogP contribution in [-0.2, 0) is 13.1 Å². The van der Waals surface area contributed by atoms with E-state index in [1.165, 1.54) is 50.5 Å². The van der Waals surface area contributed by atoms with Gasteiger partial charge in [-0.05, 0) is 45.6 Å². The lowest BCUT2D eigenvalue weighted by molar-refractivity contribution is 0.298. The average molecular weight is 456 g/mol. The Bertz CT molecular complexity index is 818. The fourth-order valence-corrected chi connectivity index (χ4v) is 3.94. The molecule has 2 aromatic rings. The van der Waals surface area contributed by atoms with E-state index >= 15 is 0 Å². The highest BCUT2D eigenvalue weighted by atomic mass is 16.5. The molecule has 1 N–H and O–H groups in total. The number of hydrogen-bond acceptors (Lipinski definition) is 4. The Labute approximate surface area is 201 Å². The molecule has 5 heteroatoms. The lowest BCUT2D eigenvalue weighted by Gasteiger charge is -2.17. The molecule has 184 valence electrons. The normalized spacial score (nSPS) is 11.3. The molecule has 2 rings (SSSR count). The average Bonchev–Trinajstić information content (AvgIpc) is 2.80. The summed E-state index contributed by atoms with van der Waals surface area (Å²) in [6.07, 6.45) is 13.0. The smallest absolute Gasteiger partial charge is 0.223 e. The van der Waals surface area contributed by atoms with Gasteiger partial charge >= 0.3 is 0 Å². The van der Waals surface area contributed by atoms with Crippen molar-refractivity contribution in [2.75, 3.05) is 33.8 Å². The largest absolute Gasteiger partial charge is 0.488 e. The molecule has 0 aliphatic rings. The van der Waals surface area contributed by atoms with Crippen LogP contribution in [0.3, 0.4) is 0 Å². The van der Waals surface area contributed by atoms with Gasteiger partial charge in [-0.15, -0.1) is 0 Å². The van der Waals surface area contributed by atoms with Crippen LogP contribution in [0.15, 0.2) is 47.4 Å². The van der Waals surface area contributed by atoms with E-state index in [0.717, 1.165) is 38.2 Å². The number of hydrogen-bond donors (Lipinski definition) is 1. The van der Waals surface area contributed by atoms with Crippen LogP contribution in [0.2, 0.25) is 0 Å². The fourth-order valence-electron chi connectivity index (χ4n) is 3.94. The molecule has 0 atom stereocenters. The Morgan fingerprint density at radius 3 is 2.33 bits per heavy atom. The molecule has 1 heterocycles. The summed E-state index contributed by atoms with van der Waals surface area (Å²) in [6, 6.07) is 12.1. The maximum atomic E-state index is 12.7. The number of rotatable bonds is 18. The standard InChI is InChI=1S/C28H45N3O2/c1-4-5-6-7-8-9-10-14-20-33-28-24-31(23-25-16-12-11-13-17-25)26(21-27(28)32)22-29-18-15-19-30(2)3/h11-13,16-17,21,24,29H,4-10,14-15,18-20,22-23H2,1-3H3. The molecule has 0 fully saturated rings. The van der Waals surface area contributed by atoms with Crippen molar-refractivity contribution >= 4 is 0 Å². The quantitative estimate of drug-likeness (QED) is 0.303. The van der Waals surface area contributed by atoms with E-state index in [0.29, 0.717) is 18.9 Å². The zero-order valence-electron chi connectivity index (χ0n) is 21.2. The molecule has 0 bridgehead atoms. The summed E-state index contributed by atoms with van der Waals surface area (Å²) in [5.41, 5.74) is 2.18. The molecule has 1 aromatic carbocycles. The van der Waals surface area contributed by atoms with Crippen molar-refractivity contribution in [3.05, 3.63) is 64.1 Å². The molecular weight excluding hydrogens is 410 g/mol. The molecule has 0 aliphatic heterocycles. The van der Waals surface area contributed by atoms with Crippen LogP contribution in [0.5, 0.6) is 5.75 Å². The van der Waals surface area contributed by atoms with E-state index in [2.05, 4.69) is 60.1 Å². The van der Waals surface area contributed by atoms with Gasteiger partial charge in [0.1, 0.15) is 0 Å². The number of benzene rings is 1. The zero-order chi connectivity index (χ0) is 23.7. The first-order valence-corrected chi connectivity index (χ1v) is 12.9. The molecule has 1 aromatic heterocycles. The maximum absolute atomic E-state index is 12.7. The van der Waals surface area contributed by atoms with Crippen molar-refractivity contribution in [2.24, 2.45) is 0 Å². The third-order valence-electron chi connectivity index (χ3n) is 5.90.